The first kappa shape index (κ1) is 26.9. The van der Waals surface area contributed by atoms with Crippen LogP contribution in [0.4, 0.5) is 10.1 Å². The highest BCUT2D eigenvalue weighted by Gasteiger charge is 2.32. The summed E-state index contributed by atoms with van der Waals surface area (Å²) in [6.07, 6.45) is 2.61. The number of carbonyl (C=O) groups excluding carboxylic acids is 4. The molecule has 33 heavy (non-hydrogen) atoms. The van der Waals surface area contributed by atoms with Crippen molar-refractivity contribution in [3.05, 3.63) is 34.1 Å². The summed E-state index contributed by atoms with van der Waals surface area (Å²) in [4.78, 5) is 51.0. The quantitative estimate of drug-likeness (QED) is 0.355. The summed E-state index contributed by atoms with van der Waals surface area (Å²) in [6.45, 7) is 5.09. The minimum Gasteiger partial charge on any atom is -0.465 e. The van der Waals surface area contributed by atoms with Crippen LogP contribution in [0.3, 0.4) is 0 Å². The van der Waals surface area contributed by atoms with Crippen molar-refractivity contribution in [3.8, 4) is 0 Å². The van der Waals surface area contributed by atoms with Gasteiger partial charge in [0.1, 0.15) is 5.82 Å². The Labute approximate surface area is 201 Å². The number of anilines is 1. The van der Waals surface area contributed by atoms with E-state index in [-0.39, 0.29) is 47.2 Å². The zero-order chi connectivity index (χ0) is 24.5. The van der Waals surface area contributed by atoms with Crippen molar-refractivity contribution in [3.63, 3.8) is 0 Å². The second-order valence-electron chi connectivity index (χ2n) is 7.29. The van der Waals surface area contributed by atoms with E-state index >= 15 is 0 Å². The highest BCUT2D eigenvalue weighted by atomic mass is 35.5. The van der Waals surface area contributed by atoms with Crippen LogP contribution in [0.5, 0.6) is 0 Å². The van der Waals surface area contributed by atoms with Gasteiger partial charge in [0.2, 0.25) is 5.91 Å². The fourth-order valence-corrected chi connectivity index (χ4v) is 4.41. The summed E-state index contributed by atoms with van der Waals surface area (Å²) < 4.78 is 24.9. The van der Waals surface area contributed by atoms with Gasteiger partial charge in [-0.15, -0.1) is 11.8 Å². The number of benzene rings is 1. The van der Waals surface area contributed by atoms with E-state index in [0.29, 0.717) is 35.5 Å². The molecule has 0 N–H and O–H groups in total. The molecule has 1 aromatic carbocycles. The summed E-state index contributed by atoms with van der Waals surface area (Å²) in [5.41, 5.74) is 0.0625. The number of ether oxygens (including phenoxy) is 2. The monoisotopic (exact) mass is 499 g/mol. The van der Waals surface area contributed by atoms with E-state index in [1.165, 1.54) is 6.07 Å². The van der Waals surface area contributed by atoms with Crippen LogP contribution in [0.2, 0.25) is 5.02 Å². The van der Waals surface area contributed by atoms with Crippen molar-refractivity contribution in [1.29, 1.82) is 0 Å². The van der Waals surface area contributed by atoms with Crippen LogP contribution in [0, 0.1) is 5.82 Å². The largest absolute Gasteiger partial charge is 0.465 e. The number of nitrogens with zero attached hydrogens (tertiary/aromatic N) is 1. The second-order valence-corrected chi connectivity index (χ2v) is 8.71. The zero-order valence-electron chi connectivity index (χ0n) is 18.9. The first-order valence-electron chi connectivity index (χ1n) is 10.7. The Bertz CT molecular complexity index is 965. The number of imide groups is 1. The molecular weight excluding hydrogens is 473 g/mol. The third kappa shape index (κ3) is 7.04. The predicted octanol–water partition coefficient (Wildman–Crippen LogP) is 4.84. The number of amides is 2. The molecule has 7 nitrogen and oxygen atoms in total. The first-order chi connectivity index (χ1) is 15.7. The van der Waals surface area contributed by atoms with Crippen molar-refractivity contribution in [1.82, 2.24) is 0 Å². The molecule has 1 aliphatic carbocycles. The average Bonchev–Trinajstić information content (AvgIpc) is 2.78. The van der Waals surface area contributed by atoms with Crippen molar-refractivity contribution < 1.29 is 33.0 Å². The third-order valence-electron chi connectivity index (χ3n) is 4.82. The summed E-state index contributed by atoms with van der Waals surface area (Å²) in [6, 6.07) is 2.23. The molecule has 0 aromatic heterocycles. The maximum Gasteiger partial charge on any atom is 0.334 e. The molecule has 0 unspecified atom stereocenters. The molecule has 0 bridgehead atoms. The van der Waals surface area contributed by atoms with Crippen LogP contribution in [0.15, 0.2) is 28.2 Å². The molecule has 0 aliphatic heterocycles. The van der Waals surface area contributed by atoms with E-state index in [2.05, 4.69) is 0 Å². The number of carbonyl (C=O) groups is 4. The Kier molecular flexibility index (Phi) is 10.4. The van der Waals surface area contributed by atoms with Gasteiger partial charge in [0.05, 0.1) is 29.7 Å². The average molecular weight is 500 g/mol. The summed E-state index contributed by atoms with van der Waals surface area (Å²) in [5, 5.41) is 0.0298. The van der Waals surface area contributed by atoms with Crippen LogP contribution in [0.25, 0.3) is 0 Å². The number of hydrogen-bond donors (Lipinski definition) is 0. The van der Waals surface area contributed by atoms with Gasteiger partial charge in [-0.2, -0.15) is 0 Å². The molecule has 0 spiro atoms. The molecule has 10 heteroatoms. The van der Waals surface area contributed by atoms with E-state index < -0.39 is 29.6 Å². The minimum atomic E-state index is -0.879. The smallest absolute Gasteiger partial charge is 0.334 e. The summed E-state index contributed by atoms with van der Waals surface area (Å²) in [5.74, 6) is -3.52. The van der Waals surface area contributed by atoms with Crippen molar-refractivity contribution in [2.24, 2.45) is 0 Å². The lowest BCUT2D eigenvalue weighted by Crippen LogP contribution is -2.38. The lowest BCUT2D eigenvalue weighted by molar-refractivity contribution is -0.140. The van der Waals surface area contributed by atoms with Crippen LogP contribution in [-0.4, -0.2) is 42.7 Å². The molecule has 0 fully saturated rings. The zero-order valence-corrected chi connectivity index (χ0v) is 20.4. The summed E-state index contributed by atoms with van der Waals surface area (Å²) in [7, 11) is 0. The van der Waals surface area contributed by atoms with Crippen LogP contribution < -0.4 is 4.90 Å². The van der Waals surface area contributed by atoms with Gasteiger partial charge in [-0.05, 0) is 51.2 Å². The lowest BCUT2D eigenvalue weighted by atomic mass is 9.90. The molecule has 0 heterocycles. The van der Waals surface area contributed by atoms with E-state index in [9.17, 15) is 23.6 Å². The van der Waals surface area contributed by atoms with Crippen LogP contribution in [-0.2, 0) is 28.7 Å². The van der Waals surface area contributed by atoms with Crippen molar-refractivity contribution >= 4 is 52.8 Å². The number of rotatable bonds is 9. The molecule has 0 saturated carbocycles. The van der Waals surface area contributed by atoms with Crippen molar-refractivity contribution in [2.45, 2.75) is 57.8 Å². The Balaban J connectivity index is 2.44. The molecule has 2 rings (SSSR count). The number of esters is 2. The van der Waals surface area contributed by atoms with Gasteiger partial charge in [0.25, 0.3) is 5.91 Å². The maximum absolute atomic E-state index is 14.9. The molecule has 2 amide bonds. The molecule has 1 aliphatic rings. The fraction of sp³-hybridized carbons (Fsp3) is 0.478. The number of halogens is 2. The summed E-state index contributed by atoms with van der Waals surface area (Å²) >= 11 is 7.12. The number of thioether (sulfide) groups is 1. The third-order valence-corrected chi connectivity index (χ3v) is 6.27. The van der Waals surface area contributed by atoms with Gasteiger partial charge in [0, 0.05) is 23.0 Å². The maximum atomic E-state index is 14.9. The van der Waals surface area contributed by atoms with E-state index in [1.807, 2.05) is 6.92 Å². The number of hydrogen-bond acceptors (Lipinski definition) is 7. The normalized spacial score (nSPS) is 13.5. The highest BCUT2D eigenvalue weighted by Crippen LogP contribution is 2.36. The minimum absolute atomic E-state index is 0.0298. The molecule has 0 saturated heterocycles. The molecule has 1 aromatic rings. The van der Waals surface area contributed by atoms with Gasteiger partial charge in [-0.3, -0.25) is 14.4 Å². The molecular formula is C23H27ClFNO6S. The van der Waals surface area contributed by atoms with Crippen LogP contribution >= 0.6 is 23.4 Å². The second kappa shape index (κ2) is 12.7. The van der Waals surface area contributed by atoms with Gasteiger partial charge >= 0.3 is 11.9 Å². The first-order valence-corrected chi connectivity index (χ1v) is 12.1. The van der Waals surface area contributed by atoms with Gasteiger partial charge in [0.15, 0.2) is 0 Å². The lowest BCUT2D eigenvalue weighted by Gasteiger charge is -2.25. The molecule has 0 atom stereocenters. The van der Waals surface area contributed by atoms with Gasteiger partial charge < -0.3 is 9.47 Å². The van der Waals surface area contributed by atoms with Crippen molar-refractivity contribution in [2.75, 3.05) is 23.9 Å². The molecule has 180 valence electrons. The van der Waals surface area contributed by atoms with Gasteiger partial charge in [-0.25, -0.2) is 14.1 Å². The van der Waals surface area contributed by atoms with Crippen LogP contribution in [0.1, 0.15) is 52.9 Å². The fourth-order valence-electron chi connectivity index (χ4n) is 3.35. The SMILES string of the molecule is CCCOC(=O)C1=C(C(=O)N(C(C)=O)c2cc(SCC(=O)OCC)c(Cl)cc2F)CCCC1. The Morgan fingerprint density at radius 1 is 1.09 bits per heavy atom. The van der Waals surface area contributed by atoms with E-state index in [1.54, 1.807) is 6.92 Å². The Hall–Kier alpha value is -2.39. The Morgan fingerprint density at radius 3 is 2.36 bits per heavy atom. The van der Waals surface area contributed by atoms with E-state index in [4.69, 9.17) is 21.1 Å². The van der Waals surface area contributed by atoms with Gasteiger partial charge in [-0.1, -0.05) is 18.5 Å². The Morgan fingerprint density at radius 2 is 1.76 bits per heavy atom. The standard InChI is InChI=1S/C23H27ClFNO6S/c1-4-10-32-23(30)16-9-7-6-8-15(16)22(29)26(14(3)27)19-12-20(17(24)11-18(19)25)33-13-21(28)31-5-2/h11-12H,4-10,13H2,1-3H3. The highest BCUT2D eigenvalue weighted by molar-refractivity contribution is 8.00. The van der Waals surface area contributed by atoms with E-state index in [0.717, 1.165) is 24.8 Å². The topological polar surface area (TPSA) is 90.0 Å². The predicted molar refractivity (Wildman–Crippen MR) is 124 cm³/mol. The molecule has 0 radical (unpaired) electrons.